The van der Waals surface area contributed by atoms with E-state index in [9.17, 15) is 9.59 Å². The number of methoxy groups -OCH3 is 1. The number of rotatable bonds is 5. The Morgan fingerprint density at radius 1 is 1.18 bits per heavy atom. The molecule has 2 aromatic rings. The van der Waals surface area contributed by atoms with Crippen LogP contribution in [0, 0.1) is 5.92 Å². The molecule has 0 saturated carbocycles. The van der Waals surface area contributed by atoms with E-state index in [-0.39, 0.29) is 29.2 Å². The molecule has 0 saturated heterocycles. The fourth-order valence-electron chi connectivity index (χ4n) is 2.40. The number of halogens is 1. The highest BCUT2D eigenvalue weighted by Crippen LogP contribution is 2.30. The van der Waals surface area contributed by atoms with Gasteiger partial charge in [-0.05, 0) is 42.0 Å². The van der Waals surface area contributed by atoms with Crippen molar-refractivity contribution in [3.05, 3.63) is 64.3 Å². The molecule has 0 aromatic heterocycles. The first-order valence-corrected chi connectivity index (χ1v) is 8.93. The molecule has 0 N–H and O–H groups in total. The second kappa shape index (κ2) is 8.27. The fourth-order valence-corrected chi connectivity index (χ4v) is 2.59. The van der Waals surface area contributed by atoms with Gasteiger partial charge in [0, 0.05) is 10.6 Å². The molecule has 1 heterocycles. The highest BCUT2D eigenvalue weighted by atomic mass is 35.5. The third-order valence-electron chi connectivity index (χ3n) is 3.87. The van der Waals surface area contributed by atoms with Crippen molar-refractivity contribution in [1.29, 1.82) is 0 Å². The number of benzene rings is 2. The van der Waals surface area contributed by atoms with E-state index in [1.165, 1.54) is 7.11 Å². The lowest BCUT2D eigenvalue weighted by atomic mass is 10.1. The Morgan fingerprint density at radius 3 is 2.64 bits per heavy atom. The highest BCUT2D eigenvalue weighted by molar-refractivity contribution is 6.31. The molecule has 0 aliphatic carbocycles. The van der Waals surface area contributed by atoms with Crippen LogP contribution in [-0.2, 0) is 14.3 Å². The molecular formula is C21H18ClNO5. The van der Waals surface area contributed by atoms with Crippen molar-refractivity contribution < 1.29 is 23.8 Å². The Labute approximate surface area is 167 Å². The molecule has 2 aromatic carbocycles. The summed E-state index contributed by atoms with van der Waals surface area (Å²) in [6.45, 7) is 3.47. The van der Waals surface area contributed by atoms with E-state index in [0.717, 1.165) is 0 Å². The van der Waals surface area contributed by atoms with Crippen LogP contribution < -0.4 is 9.47 Å². The van der Waals surface area contributed by atoms with Crippen molar-refractivity contribution in [1.82, 2.24) is 0 Å². The predicted molar refractivity (Wildman–Crippen MR) is 106 cm³/mol. The SMILES string of the molecule is COc1ccc(C=C2N=C(c3cccc(Cl)c3)OC2=O)cc1OC(=O)C(C)C. The lowest BCUT2D eigenvalue weighted by Gasteiger charge is -2.11. The molecule has 0 atom stereocenters. The largest absolute Gasteiger partial charge is 0.493 e. The maximum Gasteiger partial charge on any atom is 0.363 e. The zero-order valence-electron chi connectivity index (χ0n) is 15.6. The van der Waals surface area contributed by atoms with Crippen LogP contribution in [0.3, 0.4) is 0 Å². The van der Waals surface area contributed by atoms with E-state index >= 15 is 0 Å². The first kappa shape index (κ1) is 19.6. The van der Waals surface area contributed by atoms with Crippen molar-refractivity contribution in [2.75, 3.05) is 7.11 Å². The van der Waals surface area contributed by atoms with E-state index in [1.54, 1.807) is 62.4 Å². The lowest BCUT2D eigenvalue weighted by Crippen LogP contribution is -2.15. The maximum atomic E-state index is 12.2. The van der Waals surface area contributed by atoms with Gasteiger partial charge in [-0.3, -0.25) is 4.79 Å². The second-order valence-corrected chi connectivity index (χ2v) is 6.77. The van der Waals surface area contributed by atoms with E-state index < -0.39 is 5.97 Å². The first-order chi connectivity index (χ1) is 13.4. The van der Waals surface area contributed by atoms with Gasteiger partial charge in [0.2, 0.25) is 5.90 Å². The van der Waals surface area contributed by atoms with E-state index in [0.29, 0.717) is 21.9 Å². The van der Waals surface area contributed by atoms with Gasteiger partial charge in [-0.15, -0.1) is 0 Å². The fraction of sp³-hybridized carbons (Fsp3) is 0.190. The Bertz CT molecular complexity index is 994. The summed E-state index contributed by atoms with van der Waals surface area (Å²) in [5.74, 6) is -0.398. The number of esters is 2. The van der Waals surface area contributed by atoms with Gasteiger partial charge in [0.25, 0.3) is 0 Å². The van der Waals surface area contributed by atoms with Gasteiger partial charge in [0.05, 0.1) is 13.0 Å². The summed E-state index contributed by atoms with van der Waals surface area (Å²) < 4.78 is 15.8. The zero-order valence-corrected chi connectivity index (χ0v) is 16.3. The molecule has 1 aliphatic heterocycles. The molecular weight excluding hydrogens is 382 g/mol. The van der Waals surface area contributed by atoms with Crippen LogP contribution in [0.2, 0.25) is 5.02 Å². The Balaban J connectivity index is 1.92. The van der Waals surface area contributed by atoms with Gasteiger partial charge in [-0.25, -0.2) is 9.79 Å². The van der Waals surface area contributed by atoms with Crippen molar-refractivity contribution in [2.45, 2.75) is 13.8 Å². The molecule has 0 fully saturated rings. The molecule has 28 heavy (non-hydrogen) atoms. The monoisotopic (exact) mass is 399 g/mol. The topological polar surface area (TPSA) is 74.2 Å². The molecule has 1 aliphatic rings. The summed E-state index contributed by atoms with van der Waals surface area (Å²) in [4.78, 5) is 28.3. The Kier molecular flexibility index (Phi) is 5.80. The van der Waals surface area contributed by atoms with Crippen LogP contribution in [0.4, 0.5) is 0 Å². The van der Waals surface area contributed by atoms with Gasteiger partial charge in [0.1, 0.15) is 0 Å². The van der Waals surface area contributed by atoms with Crippen LogP contribution in [0.15, 0.2) is 53.2 Å². The molecule has 0 unspecified atom stereocenters. The van der Waals surface area contributed by atoms with Gasteiger partial charge >= 0.3 is 11.9 Å². The van der Waals surface area contributed by atoms with Crippen LogP contribution in [0.5, 0.6) is 11.5 Å². The first-order valence-electron chi connectivity index (χ1n) is 8.55. The van der Waals surface area contributed by atoms with Crippen LogP contribution >= 0.6 is 11.6 Å². The van der Waals surface area contributed by atoms with E-state index in [4.69, 9.17) is 25.8 Å². The lowest BCUT2D eigenvalue weighted by molar-refractivity contribution is -0.137. The number of cyclic esters (lactones) is 1. The number of hydrogen-bond acceptors (Lipinski definition) is 6. The van der Waals surface area contributed by atoms with Crippen molar-refractivity contribution >= 4 is 35.5 Å². The van der Waals surface area contributed by atoms with Gasteiger partial charge in [0.15, 0.2) is 17.2 Å². The molecule has 0 spiro atoms. The third-order valence-corrected chi connectivity index (χ3v) is 4.10. The average Bonchev–Trinajstić information content (AvgIpc) is 3.02. The van der Waals surface area contributed by atoms with Gasteiger partial charge in [-0.2, -0.15) is 0 Å². The van der Waals surface area contributed by atoms with Crippen molar-refractivity contribution in [3.63, 3.8) is 0 Å². The third kappa shape index (κ3) is 4.40. The summed E-state index contributed by atoms with van der Waals surface area (Å²) in [7, 11) is 1.48. The molecule has 144 valence electrons. The summed E-state index contributed by atoms with van der Waals surface area (Å²) in [6.07, 6.45) is 1.55. The molecule has 0 amide bonds. The summed E-state index contributed by atoms with van der Waals surface area (Å²) >= 11 is 5.97. The molecule has 7 heteroatoms. The highest BCUT2D eigenvalue weighted by Gasteiger charge is 2.24. The number of hydrogen-bond donors (Lipinski definition) is 0. The minimum absolute atomic E-state index is 0.126. The molecule has 0 bridgehead atoms. The van der Waals surface area contributed by atoms with Gasteiger partial charge < -0.3 is 14.2 Å². The van der Waals surface area contributed by atoms with Crippen molar-refractivity contribution in [3.8, 4) is 11.5 Å². The van der Waals surface area contributed by atoms with E-state index in [2.05, 4.69) is 4.99 Å². The number of carbonyl (C=O) groups is 2. The van der Waals surface area contributed by atoms with Crippen LogP contribution in [0.1, 0.15) is 25.0 Å². The standard InChI is InChI=1S/C21H18ClNO5/c1-12(2)20(24)27-18-10-13(7-8-17(18)26-3)9-16-21(25)28-19(23-16)14-5-4-6-15(22)11-14/h4-12H,1-3H3. The van der Waals surface area contributed by atoms with Crippen LogP contribution in [-0.4, -0.2) is 24.9 Å². The predicted octanol–water partition coefficient (Wildman–Crippen LogP) is 4.25. The van der Waals surface area contributed by atoms with Crippen molar-refractivity contribution in [2.24, 2.45) is 10.9 Å². The Morgan fingerprint density at radius 2 is 1.96 bits per heavy atom. The second-order valence-electron chi connectivity index (χ2n) is 6.33. The minimum Gasteiger partial charge on any atom is -0.493 e. The molecule has 6 nitrogen and oxygen atoms in total. The number of aliphatic imine (C=N–C) groups is 1. The minimum atomic E-state index is -0.577. The van der Waals surface area contributed by atoms with E-state index in [1.807, 2.05) is 0 Å². The average molecular weight is 400 g/mol. The number of carbonyl (C=O) groups excluding carboxylic acids is 2. The summed E-state index contributed by atoms with van der Waals surface area (Å²) in [5.41, 5.74) is 1.34. The summed E-state index contributed by atoms with van der Waals surface area (Å²) in [6, 6.07) is 11.8. The summed E-state index contributed by atoms with van der Waals surface area (Å²) in [5, 5.41) is 0.514. The Hall–Kier alpha value is -3.12. The van der Waals surface area contributed by atoms with Gasteiger partial charge in [-0.1, -0.05) is 37.6 Å². The number of nitrogens with zero attached hydrogens (tertiary/aromatic N) is 1. The van der Waals surface area contributed by atoms with Crippen LogP contribution in [0.25, 0.3) is 6.08 Å². The molecule has 0 radical (unpaired) electrons. The normalized spacial score (nSPS) is 14.8. The quantitative estimate of drug-likeness (QED) is 0.426. The number of ether oxygens (including phenoxy) is 3. The maximum absolute atomic E-state index is 12.2. The molecule has 3 rings (SSSR count). The zero-order chi connectivity index (χ0) is 20.3. The smallest absolute Gasteiger partial charge is 0.363 e.